The molecule has 0 radical (unpaired) electrons. The Balaban J connectivity index is 1.72. The number of aromatic nitrogens is 1. The molecule has 2 amide bonds. The maximum absolute atomic E-state index is 13.1. The third-order valence-electron chi connectivity index (χ3n) is 7.62. The van der Waals surface area contributed by atoms with Gasteiger partial charge in [0.05, 0.1) is 18.4 Å². The molecule has 1 saturated carbocycles. The summed E-state index contributed by atoms with van der Waals surface area (Å²) >= 11 is 1.43. The molecule has 0 spiro atoms. The minimum absolute atomic E-state index is 0.0172. The van der Waals surface area contributed by atoms with Crippen molar-refractivity contribution >= 4 is 34.0 Å². The van der Waals surface area contributed by atoms with Crippen LogP contribution in [0.4, 0.5) is 10.8 Å². The summed E-state index contributed by atoms with van der Waals surface area (Å²) in [5.41, 5.74) is 0.611. The SMILES string of the molecule is CC(=O)Nc1nc2c(s1)C[C@H]1[C@](C)(CO)[C@H](O)CC[C@@]1(C)[C@@H]2CC(=O)Nc1ccccc1. The fraction of sp³-hybridized carbons (Fsp3) is 0.542. The van der Waals surface area contributed by atoms with Gasteiger partial charge in [-0.1, -0.05) is 32.0 Å². The molecule has 4 rings (SSSR count). The molecule has 2 aliphatic rings. The number of hydrogen-bond donors (Lipinski definition) is 4. The van der Waals surface area contributed by atoms with Gasteiger partial charge in [-0.3, -0.25) is 9.59 Å². The molecule has 172 valence electrons. The number of amides is 2. The van der Waals surface area contributed by atoms with Crippen LogP contribution in [0, 0.1) is 16.7 Å². The number of thiazole rings is 1. The Morgan fingerprint density at radius 3 is 2.59 bits per heavy atom. The molecule has 0 aliphatic heterocycles. The van der Waals surface area contributed by atoms with Gasteiger partial charge in [-0.15, -0.1) is 11.3 Å². The zero-order chi connectivity index (χ0) is 23.1. The zero-order valence-corrected chi connectivity index (χ0v) is 19.5. The van der Waals surface area contributed by atoms with Crippen LogP contribution in [-0.4, -0.2) is 39.7 Å². The summed E-state index contributed by atoms with van der Waals surface area (Å²) in [7, 11) is 0. The second-order valence-electron chi connectivity index (χ2n) is 9.66. The smallest absolute Gasteiger partial charge is 0.225 e. The number of carbonyl (C=O) groups excluding carboxylic acids is 2. The van der Waals surface area contributed by atoms with E-state index in [0.29, 0.717) is 18.0 Å². The largest absolute Gasteiger partial charge is 0.396 e. The molecule has 1 fully saturated rings. The van der Waals surface area contributed by atoms with E-state index >= 15 is 0 Å². The van der Waals surface area contributed by atoms with Crippen LogP contribution >= 0.6 is 11.3 Å². The lowest BCUT2D eigenvalue weighted by Gasteiger charge is -2.58. The molecule has 2 aliphatic carbocycles. The Bertz CT molecular complexity index is 1010. The molecular formula is C24H31N3O4S. The summed E-state index contributed by atoms with van der Waals surface area (Å²) in [6.45, 7) is 5.44. The van der Waals surface area contributed by atoms with Crippen molar-refractivity contribution in [2.75, 3.05) is 17.2 Å². The van der Waals surface area contributed by atoms with E-state index in [-0.39, 0.29) is 42.1 Å². The summed E-state index contributed by atoms with van der Waals surface area (Å²) in [5.74, 6) is -0.484. The van der Waals surface area contributed by atoms with Crippen LogP contribution in [0.25, 0.3) is 0 Å². The summed E-state index contributed by atoms with van der Waals surface area (Å²) in [6, 6.07) is 9.36. The molecule has 2 aromatic rings. The molecular weight excluding hydrogens is 426 g/mol. The Morgan fingerprint density at radius 2 is 1.94 bits per heavy atom. The first-order valence-electron chi connectivity index (χ1n) is 11.1. The van der Waals surface area contributed by atoms with Gasteiger partial charge in [0.1, 0.15) is 0 Å². The molecule has 0 saturated heterocycles. The molecule has 4 N–H and O–H groups in total. The van der Waals surface area contributed by atoms with Gasteiger partial charge >= 0.3 is 0 Å². The van der Waals surface area contributed by atoms with Crippen molar-refractivity contribution in [1.82, 2.24) is 4.98 Å². The first-order valence-corrected chi connectivity index (χ1v) is 11.9. The molecule has 8 heteroatoms. The number of nitrogens with zero attached hydrogens (tertiary/aromatic N) is 1. The van der Waals surface area contributed by atoms with Crippen molar-refractivity contribution in [3.8, 4) is 0 Å². The highest BCUT2D eigenvalue weighted by molar-refractivity contribution is 7.15. The highest BCUT2D eigenvalue weighted by Crippen LogP contribution is 2.62. The van der Waals surface area contributed by atoms with Gasteiger partial charge in [-0.2, -0.15) is 0 Å². The summed E-state index contributed by atoms with van der Waals surface area (Å²) in [5, 5.41) is 27.4. The second kappa shape index (κ2) is 8.57. The number of hydrogen-bond acceptors (Lipinski definition) is 6. The maximum atomic E-state index is 13.1. The first kappa shape index (κ1) is 22.9. The molecule has 0 unspecified atom stereocenters. The predicted octanol–water partition coefficient (Wildman–Crippen LogP) is 3.55. The third-order valence-corrected chi connectivity index (χ3v) is 8.63. The lowest BCUT2D eigenvalue weighted by molar-refractivity contribution is -0.143. The van der Waals surface area contributed by atoms with Gasteiger partial charge in [-0.25, -0.2) is 4.98 Å². The van der Waals surface area contributed by atoms with Gasteiger partial charge in [0.2, 0.25) is 11.8 Å². The number of aliphatic hydroxyl groups excluding tert-OH is 2. The minimum Gasteiger partial charge on any atom is -0.396 e. The van der Waals surface area contributed by atoms with E-state index in [1.165, 1.54) is 18.3 Å². The fourth-order valence-corrected chi connectivity index (χ4v) is 6.88. The third kappa shape index (κ3) is 3.95. The van der Waals surface area contributed by atoms with Crippen LogP contribution in [-0.2, 0) is 16.0 Å². The van der Waals surface area contributed by atoms with E-state index in [2.05, 4.69) is 17.6 Å². The van der Waals surface area contributed by atoms with Crippen LogP contribution in [0.5, 0.6) is 0 Å². The molecule has 5 atom stereocenters. The monoisotopic (exact) mass is 457 g/mol. The van der Waals surface area contributed by atoms with E-state index in [9.17, 15) is 19.8 Å². The Kier molecular flexibility index (Phi) is 6.13. The van der Waals surface area contributed by atoms with Crippen LogP contribution in [0.15, 0.2) is 30.3 Å². The van der Waals surface area contributed by atoms with Crippen molar-refractivity contribution in [2.24, 2.45) is 16.7 Å². The van der Waals surface area contributed by atoms with Crippen molar-refractivity contribution in [1.29, 1.82) is 0 Å². The van der Waals surface area contributed by atoms with Gasteiger partial charge in [-0.05, 0) is 42.7 Å². The van der Waals surface area contributed by atoms with Crippen LogP contribution in [0.2, 0.25) is 0 Å². The molecule has 0 bridgehead atoms. The average molecular weight is 458 g/mol. The van der Waals surface area contributed by atoms with E-state index in [4.69, 9.17) is 4.98 Å². The summed E-state index contributed by atoms with van der Waals surface area (Å²) in [6.07, 6.45) is 1.61. The number of nitrogens with one attached hydrogen (secondary N) is 2. The van der Waals surface area contributed by atoms with E-state index in [1.54, 1.807) is 0 Å². The molecule has 7 nitrogen and oxygen atoms in total. The van der Waals surface area contributed by atoms with Crippen molar-refractivity contribution in [2.45, 2.75) is 58.5 Å². The van der Waals surface area contributed by atoms with Crippen molar-refractivity contribution < 1.29 is 19.8 Å². The van der Waals surface area contributed by atoms with Gasteiger partial charge in [0.15, 0.2) is 5.13 Å². The van der Waals surface area contributed by atoms with E-state index < -0.39 is 11.5 Å². The van der Waals surface area contributed by atoms with E-state index in [0.717, 1.165) is 22.7 Å². The summed E-state index contributed by atoms with van der Waals surface area (Å²) < 4.78 is 0. The maximum Gasteiger partial charge on any atom is 0.225 e. The van der Waals surface area contributed by atoms with Gasteiger partial charge < -0.3 is 20.8 Å². The number of anilines is 2. The molecule has 1 heterocycles. The minimum atomic E-state index is -0.670. The lowest BCUT2D eigenvalue weighted by Crippen LogP contribution is -2.57. The Morgan fingerprint density at radius 1 is 1.22 bits per heavy atom. The zero-order valence-electron chi connectivity index (χ0n) is 18.7. The molecule has 1 aromatic heterocycles. The van der Waals surface area contributed by atoms with Crippen LogP contribution in [0.1, 0.15) is 56.5 Å². The van der Waals surface area contributed by atoms with Crippen molar-refractivity contribution in [3.63, 3.8) is 0 Å². The van der Waals surface area contributed by atoms with Crippen LogP contribution in [0.3, 0.4) is 0 Å². The summed E-state index contributed by atoms with van der Waals surface area (Å²) in [4.78, 5) is 30.5. The number of aliphatic hydroxyl groups is 2. The topological polar surface area (TPSA) is 112 Å². The predicted molar refractivity (Wildman–Crippen MR) is 125 cm³/mol. The lowest BCUT2D eigenvalue weighted by atomic mass is 9.47. The van der Waals surface area contributed by atoms with E-state index in [1.807, 2.05) is 37.3 Å². The quantitative estimate of drug-likeness (QED) is 0.549. The van der Waals surface area contributed by atoms with Crippen molar-refractivity contribution in [3.05, 3.63) is 40.9 Å². The number of rotatable bonds is 5. The Labute approximate surface area is 192 Å². The molecule has 32 heavy (non-hydrogen) atoms. The number of fused-ring (bicyclic) bond motifs is 2. The highest BCUT2D eigenvalue weighted by Gasteiger charge is 2.59. The average Bonchev–Trinajstić information content (AvgIpc) is 3.14. The van der Waals surface area contributed by atoms with Gasteiger partial charge in [0, 0.05) is 35.2 Å². The Hall–Kier alpha value is -2.29. The van der Waals surface area contributed by atoms with Gasteiger partial charge in [0.25, 0.3) is 0 Å². The number of para-hydroxylation sites is 1. The normalized spacial score (nSPS) is 31.3. The molecule has 1 aromatic carbocycles. The fourth-order valence-electron chi connectivity index (χ4n) is 5.77. The standard InChI is InChI=1S/C24H31N3O4S/c1-14(29)25-22-27-21-16(11-20(31)26-15-7-5-4-6-8-15)23(2)10-9-19(30)24(3,13-28)18(23)12-17(21)32-22/h4-8,16,18-19,28,30H,9-13H2,1-3H3,(H,26,31)(H,25,27,29)/t16-,18-,19-,23+,24+/m1/s1. The first-order chi connectivity index (χ1) is 15.2. The van der Waals surface area contributed by atoms with Crippen LogP contribution < -0.4 is 10.6 Å². The second-order valence-corrected chi connectivity index (χ2v) is 10.7. The number of carbonyl (C=O) groups is 2. The highest BCUT2D eigenvalue weighted by atomic mass is 32.1. The number of benzene rings is 1.